The van der Waals surface area contributed by atoms with Crippen LogP contribution in [-0.2, 0) is 16.0 Å². The lowest BCUT2D eigenvalue weighted by Gasteiger charge is -2.33. The first-order valence-electron chi connectivity index (χ1n) is 10.5. The lowest BCUT2D eigenvalue weighted by atomic mass is 10.1. The molecule has 1 aliphatic rings. The molecule has 1 atom stereocenters. The molecule has 4 heterocycles. The predicted molar refractivity (Wildman–Crippen MR) is 130 cm³/mol. The number of fused-ring (bicyclic) bond motifs is 2. The molecule has 1 aromatic carbocycles. The number of thioether (sulfide) groups is 1. The van der Waals surface area contributed by atoms with E-state index in [-0.39, 0.29) is 12.0 Å². The highest BCUT2D eigenvalue weighted by Crippen LogP contribution is 2.29. The van der Waals surface area contributed by atoms with E-state index >= 15 is 0 Å². The fourth-order valence-electron chi connectivity index (χ4n) is 3.82. The number of ether oxygens (including phenoxy) is 2. The van der Waals surface area contributed by atoms with Crippen molar-refractivity contribution in [2.24, 2.45) is 0 Å². The summed E-state index contributed by atoms with van der Waals surface area (Å²) >= 11 is 9.23. The maximum atomic E-state index is 13.0. The van der Waals surface area contributed by atoms with E-state index in [4.69, 9.17) is 21.1 Å². The van der Waals surface area contributed by atoms with Crippen LogP contribution in [-0.4, -0.2) is 69.1 Å². The summed E-state index contributed by atoms with van der Waals surface area (Å²) in [5.41, 5.74) is 1.80. The van der Waals surface area contributed by atoms with Gasteiger partial charge >= 0.3 is 0 Å². The van der Waals surface area contributed by atoms with Crippen LogP contribution in [0, 0.1) is 6.92 Å². The lowest BCUT2D eigenvalue weighted by molar-refractivity contribution is -0.139. The van der Waals surface area contributed by atoms with Crippen LogP contribution in [0.4, 0.5) is 0 Å². The molecule has 0 spiro atoms. The summed E-state index contributed by atoms with van der Waals surface area (Å²) < 4.78 is 14.6. The third-order valence-corrected chi connectivity index (χ3v) is 7.22. The number of carbonyl (C=O) groups is 1. The van der Waals surface area contributed by atoms with Gasteiger partial charge in [0.25, 0.3) is 5.78 Å². The molecule has 0 aliphatic carbocycles. The van der Waals surface area contributed by atoms with E-state index in [2.05, 4.69) is 15.1 Å². The van der Waals surface area contributed by atoms with E-state index < -0.39 is 0 Å². The number of halogens is 1. The van der Waals surface area contributed by atoms with Crippen LogP contribution >= 0.6 is 34.7 Å². The number of rotatable bonds is 6. The van der Waals surface area contributed by atoms with Gasteiger partial charge in [0.05, 0.1) is 19.6 Å². The Morgan fingerprint density at radius 1 is 1.36 bits per heavy atom. The maximum absolute atomic E-state index is 13.0. The Morgan fingerprint density at radius 2 is 2.24 bits per heavy atom. The van der Waals surface area contributed by atoms with Gasteiger partial charge in [-0.05, 0) is 47.7 Å². The number of nitrogens with zero attached hydrogens (tertiary/aromatic N) is 5. The first-order valence-corrected chi connectivity index (χ1v) is 12.9. The second kappa shape index (κ2) is 9.46. The molecule has 4 aromatic rings. The molecule has 33 heavy (non-hydrogen) atoms. The molecule has 0 saturated carbocycles. The molecule has 1 fully saturated rings. The zero-order chi connectivity index (χ0) is 22.9. The lowest BCUT2D eigenvalue weighted by Crippen LogP contribution is -2.48. The number of benzene rings is 1. The van der Waals surface area contributed by atoms with Crippen LogP contribution in [0.25, 0.3) is 15.9 Å². The molecule has 8 nitrogen and oxygen atoms in total. The van der Waals surface area contributed by atoms with Crippen molar-refractivity contribution in [2.45, 2.75) is 24.6 Å². The highest BCUT2D eigenvalue weighted by atomic mass is 35.5. The quantitative estimate of drug-likeness (QED) is 0.369. The number of amides is 1. The molecular formula is C22H22ClN5O3S2. The Kier molecular flexibility index (Phi) is 6.42. The first kappa shape index (κ1) is 22.4. The zero-order valence-electron chi connectivity index (χ0n) is 18.2. The van der Waals surface area contributed by atoms with E-state index in [0.717, 1.165) is 21.3 Å². The zero-order valence-corrected chi connectivity index (χ0v) is 20.5. The number of aromatic nitrogens is 4. The van der Waals surface area contributed by atoms with Gasteiger partial charge in [-0.15, -0.1) is 16.4 Å². The van der Waals surface area contributed by atoms with Crippen molar-refractivity contribution in [3.63, 3.8) is 0 Å². The SMILES string of the molecule is CSc1nc2nc(C)cc(OCC3CN(C(=O)Cc4csc5ccc(Cl)cc45)CCO3)n2n1. The summed E-state index contributed by atoms with van der Waals surface area (Å²) in [4.78, 5) is 23.7. The van der Waals surface area contributed by atoms with Crippen molar-refractivity contribution in [1.29, 1.82) is 0 Å². The largest absolute Gasteiger partial charge is 0.475 e. The van der Waals surface area contributed by atoms with Gasteiger partial charge in [-0.3, -0.25) is 4.79 Å². The van der Waals surface area contributed by atoms with Crippen LogP contribution in [0.3, 0.4) is 0 Å². The number of aryl methyl sites for hydroxylation is 1. The topological polar surface area (TPSA) is 81.9 Å². The van der Waals surface area contributed by atoms with E-state index in [9.17, 15) is 4.79 Å². The molecule has 1 amide bonds. The van der Waals surface area contributed by atoms with E-state index in [1.807, 2.05) is 47.7 Å². The van der Waals surface area contributed by atoms with E-state index in [1.54, 1.807) is 15.9 Å². The minimum Gasteiger partial charge on any atom is -0.475 e. The van der Waals surface area contributed by atoms with Gasteiger partial charge in [-0.25, -0.2) is 4.98 Å². The molecule has 1 aliphatic heterocycles. The average Bonchev–Trinajstić information content (AvgIpc) is 3.41. The fraction of sp³-hybridized carbons (Fsp3) is 0.364. The van der Waals surface area contributed by atoms with Gasteiger partial charge in [0.15, 0.2) is 0 Å². The average molecular weight is 504 g/mol. The smallest absolute Gasteiger partial charge is 0.256 e. The van der Waals surface area contributed by atoms with Gasteiger partial charge < -0.3 is 14.4 Å². The molecule has 11 heteroatoms. The monoisotopic (exact) mass is 503 g/mol. The third kappa shape index (κ3) is 4.79. The van der Waals surface area contributed by atoms with Crippen molar-refractivity contribution in [1.82, 2.24) is 24.5 Å². The summed E-state index contributed by atoms with van der Waals surface area (Å²) in [6, 6.07) is 7.62. The molecule has 1 saturated heterocycles. The van der Waals surface area contributed by atoms with Crippen molar-refractivity contribution in [3.8, 4) is 5.88 Å². The van der Waals surface area contributed by atoms with Crippen LogP contribution in [0.1, 0.15) is 11.3 Å². The highest BCUT2D eigenvalue weighted by Gasteiger charge is 2.26. The van der Waals surface area contributed by atoms with Gasteiger partial charge in [0.2, 0.25) is 16.9 Å². The summed E-state index contributed by atoms with van der Waals surface area (Å²) in [5.74, 6) is 1.13. The Labute approximate surface area is 203 Å². The van der Waals surface area contributed by atoms with Crippen molar-refractivity contribution in [2.75, 3.05) is 32.6 Å². The molecule has 5 rings (SSSR count). The minimum atomic E-state index is -0.233. The number of hydrogen-bond acceptors (Lipinski definition) is 8. The minimum absolute atomic E-state index is 0.0750. The highest BCUT2D eigenvalue weighted by molar-refractivity contribution is 7.98. The number of hydrogen-bond donors (Lipinski definition) is 0. The van der Waals surface area contributed by atoms with Crippen LogP contribution in [0.15, 0.2) is 34.8 Å². The van der Waals surface area contributed by atoms with E-state index in [1.165, 1.54) is 11.8 Å². The molecular weight excluding hydrogens is 482 g/mol. The van der Waals surface area contributed by atoms with Gasteiger partial charge in [0, 0.05) is 28.0 Å². The third-order valence-electron chi connectivity index (χ3n) is 5.44. The Morgan fingerprint density at radius 3 is 3.09 bits per heavy atom. The number of thiophene rings is 1. The first-order chi connectivity index (χ1) is 16.0. The molecule has 0 radical (unpaired) electrons. The Balaban J connectivity index is 1.24. The standard InChI is InChI=1S/C22H22ClN5O3S2/c1-13-7-20(28-21(24-13)25-22(26-28)32-2)31-11-16-10-27(5-6-30-16)19(29)8-14-12-33-18-4-3-15(23)9-17(14)18/h3-4,7,9,12,16H,5-6,8,10-11H2,1-2H3. The van der Waals surface area contributed by atoms with Crippen molar-refractivity contribution >= 4 is 56.5 Å². The maximum Gasteiger partial charge on any atom is 0.256 e. The van der Waals surface area contributed by atoms with Gasteiger partial charge in [-0.1, -0.05) is 23.4 Å². The molecule has 0 bridgehead atoms. The van der Waals surface area contributed by atoms with Crippen molar-refractivity contribution in [3.05, 3.63) is 45.9 Å². The second-order valence-corrected chi connectivity index (χ2v) is 9.89. The number of carbonyl (C=O) groups excluding carboxylic acids is 1. The summed E-state index contributed by atoms with van der Waals surface area (Å²) in [7, 11) is 0. The predicted octanol–water partition coefficient (Wildman–Crippen LogP) is 3.87. The molecule has 172 valence electrons. The van der Waals surface area contributed by atoms with Gasteiger partial charge in [-0.2, -0.15) is 9.50 Å². The normalized spacial score (nSPS) is 16.6. The summed E-state index contributed by atoms with van der Waals surface area (Å²) in [6.07, 6.45) is 2.02. The van der Waals surface area contributed by atoms with Crippen LogP contribution in [0.5, 0.6) is 5.88 Å². The molecule has 3 aromatic heterocycles. The van der Waals surface area contributed by atoms with Crippen LogP contribution in [0.2, 0.25) is 5.02 Å². The van der Waals surface area contributed by atoms with Gasteiger partial charge in [0.1, 0.15) is 12.7 Å². The Hall–Kier alpha value is -2.40. The molecule has 1 unspecified atom stereocenters. The number of morpholine rings is 1. The fourth-order valence-corrected chi connectivity index (χ4v) is 5.27. The van der Waals surface area contributed by atoms with Crippen LogP contribution < -0.4 is 4.74 Å². The van der Waals surface area contributed by atoms with E-state index in [0.29, 0.717) is 54.6 Å². The van der Waals surface area contributed by atoms with Crippen molar-refractivity contribution < 1.29 is 14.3 Å². The summed E-state index contributed by atoms with van der Waals surface area (Å²) in [5, 5.41) is 8.81. The second-order valence-electron chi connectivity index (χ2n) is 7.77. The Bertz CT molecular complexity index is 1320. The molecule has 0 N–H and O–H groups in total. The summed E-state index contributed by atoms with van der Waals surface area (Å²) in [6.45, 7) is 3.70.